The summed E-state index contributed by atoms with van der Waals surface area (Å²) in [5.74, 6) is -4.00. The zero-order chi connectivity index (χ0) is 18.4. The molecule has 2 atom stereocenters. The van der Waals surface area contributed by atoms with Gasteiger partial charge in [-0.05, 0) is 29.8 Å². The van der Waals surface area contributed by atoms with Gasteiger partial charge in [-0.25, -0.2) is 18.1 Å². The highest BCUT2D eigenvalue weighted by atomic mass is 19.2. The first kappa shape index (κ1) is 16.2. The van der Waals surface area contributed by atoms with Gasteiger partial charge in [0.2, 0.25) is 0 Å². The van der Waals surface area contributed by atoms with Gasteiger partial charge >= 0.3 is 0 Å². The second-order valence-electron chi connectivity index (χ2n) is 5.93. The lowest BCUT2D eigenvalue weighted by atomic mass is 10.1. The van der Waals surface area contributed by atoms with Crippen LogP contribution in [-0.2, 0) is 16.1 Å². The first-order valence-corrected chi connectivity index (χ1v) is 7.70. The van der Waals surface area contributed by atoms with E-state index in [2.05, 4.69) is 10.3 Å². The first-order valence-electron chi connectivity index (χ1n) is 7.70. The monoisotopic (exact) mass is 360 g/mol. The third-order valence-corrected chi connectivity index (χ3v) is 4.25. The molecule has 6 nitrogen and oxygen atoms in total. The van der Waals surface area contributed by atoms with Crippen LogP contribution in [0.5, 0.6) is 0 Å². The number of amides is 2. The average Bonchev–Trinajstić information content (AvgIpc) is 3.11. The molecule has 1 fully saturated rings. The van der Waals surface area contributed by atoms with Crippen molar-refractivity contribution in [3.63, 3.8) is 0 Å². The number of imide groups is 1. The molecular formula is C17H11F3N4O2. The van der Waals surface area contributed by atoms with Crippen LogP contribution in [0.25, 0.3) is 0 Å². The number of nitrogens with zero attached hydrogens (tertiary/aromatic N) is 4. The van der Waals surface area contributed by atoms with E-state index in [1.54, 1.807) is 6.07 Å². The molecule has 0 saturated carbocycles. The van der Waals surface area contributed by atoms with Crippen molar-refractivity contribution < 1.29 is 22.8 Å². The number of hydrogen-bond donors (Lipinski definition) is 0. The Labute approximate surface area is 145 Å². The lowest BCUT2D eigenvalue weighted by Gasteiger charge is -2.20. The van der Waals surface area contributed by atoms with E-state index in [9.17, 15) is 22.8 Å². The molecule has 26 heavy (non-hydrogen) atoms. The molecule has 2 amide bonds. The van der Waals surface area contributed by atoms with Crippen LogP contribution in [0.3, 0.4) is 0 Å². The molecule has 2 aromatic rings. The molecule has 0 unspecified atom stereocenters. The molecule has 0 aromatic heterocycles. The first-order chi connectivity index (χ1) is 12.5. The summed E-state index contributed by atoms with van der Waals surface area (Å²) in [5, 5.41) is 8.95. The number of anilines is 1. The lowest BCUT2D eigenvalue weighted by Crippen LogP contribution is -2.39. The quantitative estimate of drug-likeness (QED) is 0.791. The van der Waals surface area contributed by atoms with Gasteiger partial charge in [0, 0.05) is 6.07 Å². The van der Waals surface area contributed by atoms with Gasteiger partial charge < -0.3 is 0 Å². The molecule has 2 aliphatic heterocycles. The topological polar surface area (TPSA) is 65.3 Å². The summed E-state index contributed by atoms with van der Waals surface area (Å²) < 4.78 is 39.9. The fraction of sp³-hybridized carbons (Fsp3) is 0.176. The summed E-state index contributed by atoms with van der Waals surface area (Å²) in [6, 6.07) is 6.44. The third kappa shape index (κ3) is 2.52. The van der Waals surface area contributed by atoms with E-state index in [1.165, 1.54) is 23.2 Å². The average molecular weight is 360 g/mol. The summed E-state index contributed by atoms with van der Waals surface area (Å²) >= 11 is 0. The van der Waals surface area contributed by atoms with Crippen molar-refractivity contribution in [1.29, 1.82) is 0 Å². The molecule has 1 saturated heterocycles. The number of hydrogen-bond acceptors (Lipinski definition) is 5. The molecule has 132 valence electrons. The van der Waals surface area contributed by atoms with Gasteiger partial charge in [-0.1, -0.05) is 17.4 Å². The number of benzene rings is 2. The van der Waals surface area contributed by atoms with Crippen LogP contribution in [-0.4, -0.2) is 28.9 Å². The Kier molecular flexibility index (Phi) is 3.71. The molecule has 0 radical (unpaired) electrons. The molecule has 2 aliphatic rings. The molecule has 0 aliphatic carbocycles. The smallest absolute Gasteiger partial charge is 0.263 e. The number of rotatable bonds is 3. The van der Waals surface area contributed by atoms with Crippen molar-refractivity contribution in [2.24, 2.45) is 10.3 Å². The summed E-state index contributed by atoms with van der Waals surface area (Å²) in [4.78, 5) is 26.0. The van der Waals surface area contributed by atoms with Crippen molar-refractivity contribution in [1.82, 2.24) is 5.01 Å². The van der Waals surface area contributed by atoms with Gasteiger partial charge in [0.05, 0.1) is 12.2 Å². The van der Waals surface area contributed by atoms with Crippen molar-refractivity contribution >= 4 is 17.5 Å². The summed E-state index contributed by atoms with van der Waals surface area (Å²) in [6.45, 7) is 0.0765. The number of carbonyl (C=O) groups is 2. The van der Waals surface area contributed by atoms with Crippen molar-refractivity contribution in [3.05, 3.63) is 65.5 Å². The number of fused-ring (bicyclic) bond motifs is 1. The molecule has 0 spiro atoms. The van der Waals surface area contributed by atoms with Crippen molar-refractivity contribution in [2.45, 2.75) is 18.6 Å². The summed E-state index contributed by atoms with van der Waals surface area (Å²) in [7, 11) is 0. The lowest BCUT2D eigenvalue weighted by molar-refractivity contribution is -0.123. The second-order valence-corrected chi connectivity index (χ2v) is 5.93. The van der Waals surface area contributed by atoms with Crippen LogP contribution < -0.4 is 4.90 Å². The fourth-order valence-electron chi connectivity index (χ4n) is 3.05. The van der Waals surface area contributed by atoms with Gasteiger partial charge in [-0.15, -0.1) is 0 Å². The summed E-state index contributed by atoms with van der Waals surface area (Å²) in [6.07, 6.45) is 0. The maximum Gasteiger partial charge on any atom is 0.263 e. The largest absolute Gasteiger partial charge is 0.271 e. The molecule has 2 heterocycles. The normalized spacial score (nSPS) is 21.7. The zero-order valence-electron chi connectivity index (χ0n) is 13.1. The maximum atomic E-state index is 13.5. The second kappa shape index (κ2) is 5.94. The van der Waals surface area contributed by atoms with E-state index >= 15 is 0 Å². The standard InChI is InChI=1S/C17H11F3N4O2/c18-10-3-1-2-9(6-10)8-23-15-14(21-22-23)16(25)24(17(15)26)11-4-5-12(19)13(20)7-11/h1-7,14-15H,8H2/t14-,15+/m0/s1. The van der Waals surface area contributed by atoms with Crippen LogP contribution >= 0.6 is 0 Å². The highest BCUT2D eigenvalue weighted by molar-refractivity contribution is 6.25. The van der Waals surface area contributed by atoms with Crippen LogP contribution in [0.1, 0.15) is 5.56 Å². The maximum absolute atomic E-state index is 13.5. The van der Waals surface area contributed by atoms with E-state index in [-0.39, 0.29) is 12.2 Å². The Morgan fingerprint density at radius 2 is 1.77 bits per heavy atom. The molecule has 0 bridgehead atoms. The number of halogens is 3. The SMILES string of the molecule is O=C1[C@H]2N=NN(Cc3cccc(F)c3)[C@H]2C(=O)N1c1ccc(F)c(F)c1. The minimum absolute atomic E-state index is 0.0748. The van der Waals surface area contributed by atoms with Gasteiger partial charge in [0.25, 0.3) is 11.8 Å². The Bertz CT molecular complexity index is 949. The van der Waals surface area contributed by atoms with Gasteiger partial charge in [-0.2, -0.15) is 5.11 Å². The van der Waals surface area contributed by atoms with Crippen LogP contribution in [0.15, 0.2) is 52.8 Å². The molecule has 2 aromatic carbocycles. The molecule has 9 heteroatoms. The third-order valence-electron chi connectivity index (χ3n) is 4.25. The van der Waals surface area contributed by atoms with Crippen molar-refractivity contribution in [2.75, 3.05) is 4.90 Å². The highest BCUT2D eigenvalue weighted by Crippen LogP contribution is 2.33. The van der Waals surface area contributed by atoms with E-state index in [4.69, 9.17) is 0 Å². The Balaban J connectivity index is 1.62. The predicted octanol–water partition coefficient (Wildman–Crippen LogP) is 2.60. The molecule has 4 rings (SSSR count). The van der Waals surface area contributed by atoms with E-state index in [0.717, 1.165) is 23.1 Å². The molecule has 0 N–H and O–H groups in total. The highest BCUT2D eigenvalue weighted by Gasteiger charge is 2.54. The fourth-order valence-corrected chi connectivity index (χ4v) is 3.05. The molecular weight excluding hydrogens is 349 g/mol. The van der Waals surface area contributed by atoms with Gasteiger partial charge in [-0.3, -0.25) is 14.6 Å². The van der Waals surface area contributed by atoms with E-state index in [0.29, 0.717) is 5.56 Å². The number of carbonyl (C=O) groups excluding carboxylic acids is 2. The Morgan fingerprint density at radius 3 is 2.50 bits per heavy atom. The van der Waals surface area contributed by atoms with E-state index < -0.39 is 41.3 Å². The Morgan fingerprint density at radius 1 is 0.962 bits per heavy atom. The minimum atomic E-state index is -1.17. The zero-order valence-corrected chi connectivity index (χ0v) is 13.1. The van der Waals surface area contributed by atoms with Crippen LogP contribution in [0.2, 0.25) is 0 Å². The summed E-state index contributed by atoms with van der Waals surface area (Å²) in [5.41, 5.74) is 0.477. The van der Waals surface area contributed by atoms with E-state index in [1.807, 2.05) is 0 Å². The van der Waals surface area contributed by atoms with Crippen LogP contribution in [0.4, 0.5) is 18.9 Å². The van der Waals surface area contributed by atoms with Crippen LogP contribution in [0, 0.1) is 17.5 Å². The van der Waals surface area contributed by atoms with Gasteiger partial charge in [0.15, 0.2) is 23.7 Å². The minimum Gasteiger partial charge on any atom is -0.271 e. The Hall–Kier alpha value is -3.23. The predicted molar refractivity (Wildman–Crippen MR) is 83.2 cm³/mol. The van der Waals surface area contributed by atoms with Crippen molar-refractivity contribution in [3.8, 4) is 0 Å². The van der Waals surface area contributed by atoms with Gasteiger partial charge in [0.1, 0.15) is 5.82 Å².